The minimum Gasteiger partial charge on any atom is -0.497 e. The molecule has 1 aliphatic heterocycles. The minimum atomic E-state index is 0.0874. The predicted octanol–water partition coefficient (Wildman–Crippen LogP) is 0.929. The van der Waals surface area contributed by atoms with Crippen LogP contribution in [0, 0.1) is 5.92 Å². The maximum Gasteiger partial charge on any atom is 0.220 e. The summed E-state index contributed by atoms with van der Waals surface area (Å²) in [7, 11) is 3.23. The molecule has 0 bridgehead atoms. The molecular formula is C14H20N2O3. The van der Waals surface area contributed by atoms with E-state index in [0.29, 0.717) is 18.9 Å². The molecule has 0 aromatic heterocycles. The van der Waals surface area contributed by atoms with Gasteiger partial charge in [-0.25, -0.2) is 0 Å². The lowest BCUT2D eigenvalue weighted by Crippen LogP contribution is -2.44. The van der Waals surface area contributed by atoms with E-state index in [2.05, 4.69) is 10.6 Å². The Labute approximate surface area is 113 Å². The molecule has 0 atom stereocenters. The van der Waals surface area contributed by atoms with Crippen molar-refractivity contribution in [2.45, 2.75) is 13.0 Å². The van der Waals surface area contributed by atoms with Gasteiger partial charge >= 0.3 is 0 Å². The summed E-state index contributed by atoms with van der Waals surface area (Å²) in [5.74, 6) is 2.04. The molecule has 0 aliphatic carbocycles. The fourth-order valence-electron chi connectivity index (χ4n) is 2.02. The number of carbonyl (C=O) groups excluding carboxylic acids is 1. The zero-order chi connectivity index (χ0) is 13.7. The Kier molecular flexibility index (Phi) is 4.63. The summed E-state index contributed by atoms with van der Waals surface area (Å²) < 4.78 is 10.4. The fraction of sp³-hybridized carbons (Fsp3) is 0.500. The third-order valence-electron chi connectivity index (χ3n) is 3.31. The molecule has 0 radical (unpaired) electrons. The molecule has 19 heavy (non-hydrogen) atoms. The van der Waals surface area contributed by atoms with Crippen molar-refractivity contribution in [2.75, 3.05) is 27.3 Å². The van der Waals surface area contributed by atoms with Crippen molar-refractivity contribution in [3.8, 4) is 11.5 Å². The largest absolute Gasteiger partial charge is 0.497 e. The molecule has 1 saturated heterocycles. The quantitative estimate of drug-likeness (QED) is 0.802. The van der Waals surface area contributed by atoms with Crippen LogP contribution in [0.1, 0.15) is 12.0 Å². The van der Waals surface area contributed by atoms with Crippen LogP contribution in [0.3, 0.4) is 0 Å². The SMILES string of the molecule is COc1ccc(CNC(=O)CC2CNC2)c(OC)c1. The van der Waals surface area contributed by atoms with Gasteiger partial charge in [0.1, 0.15) is 11.5 Å². The molecule has 0 spiro atoms. The second kappa shape index (κ2) is 6.43. The number of hydrogen-bond donors (Lipinski definition) is 2. The molecular weight excluding hydrogens is 244 g/mol. The highest BCUT2D eigenvalue weighted by Crippen LogP contribution is 2.24. The third kappa shape index (κ3) is 3.61. The first-order valence-corrected chi connectivity index (χ1v) is 6.41. The molecule has 1 aromatic carbocycles. The molecule has 1 aliphatic rings. The van der Waals surface area contributed by atoms with E-state index in [1.807, 2.05) is 18.2 Å². The summed E-state index contributed by atoms with van der Waals surface area (Å²) >= 11 is 0. The average molecular weight is 264 g/mol. The van der Waals surface area contributed by atoms with Crippen LogP contribution in [-0.4, -0.2) is 33.2 Å². The van der Waals surface area contributed by atoms with Crippen molar-refractivity contribution < 1.29 is 14.3 Å². The van der Waals surface area contributed by atoms with Gasteiger partial charge in [-0.15, -0.1) is 0 Å². The highest BCUT2D eigenvalue weighted by molar-refractivity contribution is 5.76. The number of benzene rings is 1. The Morgan fingerprint density at radius 2 is 2.16 bits per heavy atom. The zero-order valence-corrected chi connectivity index (χ0v) is 11.4. The zero-order valence-electron chi connectivity index (χ0n) is 11.4. The van der Waals surface area contributed by atoms with Gasteiger partial charge in [0.25, 0.3) is 0 Å². The molecule has 5 heteroatoms. The van der Waals surface area contributed by atoms with Crippen molar-refractivity contribution in [2.24, 2.45) is 5.92 Å². The number of methoxy groups -OCH3 is 2. The smallest absolute Gasteiger partial charge is 0.220 e. The van der Waals surface area contributed by atoms with E-state index in [1.165, 1.54) is 0 Å². The number of carbonyl (C=O) groups is 1. The molecule has 104 valence electrons. The topological polar surface area (TPSA) is 59.6 Å². The lowest BCUT2D eigenvalue weighted by molar-refractivity contribution is -0.122. The van der Waals surface area contributed by atoms with Crippen LogP contribution >= 0.6 is 0 Å². The minimum absolute atomic E-state index is 0.0874. The normalized spacial score (nSPS) is 14.6. The molecule has 0 saturated carbocycles. The third-order valence-corrected chi connectivity index (χ3v) is 3.31. The van der Waals surface area contributed by atoms with Gasteiger partial charge in [-0.1, -0.05) is 0 Å². The van der Waals surface area contributed by atoms with Gasteiger partial charge in [0.2, 0.25) is 5.91 Å². The van der Waals surface area contributed by atoms with Crippen molar-refractivity contribution in [1.82, 2.24) is 10.6 Å². The lowest BCUT2D eigenvalue weighted by atomic mass is 9.99. The van der Waals surface area contributed by atoms with Gasteiger partial charge in [-0.05, 0) is 31.1 Å². The van der Waals surface area contributed by atoms with Crippen molar-refractivity contribution in [1.29, 1.82) is 0 Å². The summed E-state index contributed by atoms with van der Waals surface area (Å²) in [6, 6.07) is 5.58. The number of hydrogen-bond acceptors (Lipinski definition) is 4. The number of ether oxygens (including phenoxy) is 2. The highest BCUT2D eigenvalue weighted by Gasteiger charge is 2.19. The number of rotatable bonds is 6. The van der Waals surface area contributed by atoms with E-state index in [-0.39, 0.29) is 5.91 Å². The van der Waals surface area contributed by atoms with E-state index in [1.54, 1.807) is 14.2 Å². The summed E-state index contributed by atoms with van der Waals surface area (Å²) in [6.07, 6.45) is 0.589. The van der Waals surface area contributed by atoms with Crippen LogP contribution in [0.2, 0.25) is 0 Å². The Hall–Kier alpha value is -1.75. The van der Waals surface area contributed by atoms with Crippen molar-refractivity contribution in [3.05, 3.63) is 23.8 Å². The van der Waals surface area contributed by atoms with Gasteiger partial charge in [0.05, 0.1) is 14.2 Å². The predicted molar refractivity (Wildman–Crippen MR) is 72.4 cm³/mol. The molecule has 1 fully saturated rings. The molecule has 1 heterocycles. The van der Waals surface area contributed by atoms with E-state index in [9.17, 15) is 4.79 Å². The average Bonchev–Trinajstić information content (AvgIpc) is 2.40. The molecule has 1 aromatic rings. The van der Waals surface area contributed by atoms with Gasteiger partial charge < -0.3 is 20.1 Å². The van der Waals surface area contributed by atoms with Gasteiger partial charge in [0.15, 0.2) is 0 Å². The summed E-state index contributed by atoms with van der Waals surface area (Å²) in [4.78, 5) is 11.7. The maximum atomic E-state index is 11.7. The van der Waals surface area contributed by atoms with Gasteiger partial charge in [-0.2, -0.15) is 0 Å². The summed E-state index contributed by atoms with van der Waals surface area (Å²) in [6.45, 7) is 2.37. The Bertz CT molecular complexity index is 444. The molecule has 2 N–H and O–H groups in total. The van der Waals surface area contributed by atoms with E-state index in [0.717, 1.165) is 30.2 Å². The van der Waals surface area contributed by atoms with Crippen LogP contribution in [-0.2, 0) is 11.3 Å². The standard InChI is InChI=1S/C14H20N2O3/c1-18-12-4-3-11(13(6-12)19-2)9-16-14(17)5-10-7-15-8-10/h3-4,6,10,15H,5,7-9H2,1-2H3,(H,16,17). The van der Waals surface area contributed by atoms with Crippen LogP contribution in [0.5, 0.6) is 11.5 Å². The first kappa shape index (κ1) is 13.7. The molecule has 2 rings (SSSR count). The monoisotopic (exact) mass is 264 g/mol. The van der Waals surface area contributed by atoms with Crippen LogP contribution < -0.4 is 20.1 Å². The maximum absolute atomic E-state index is 11.7. The second-order valence-electron chi connectivity index (χ2n) is 4.68. The van der Waals surface area contributed by atoms with Crippen molar-refractivity contribution >= 4 is 5.91 Å². The Morgan fingerprint density at radius 1 is 1.37 bits per heavy atom. The Balaban J connectivity index is 1.88. The van der Waals surface area contributed by atoms with Crippen LogP contribution in [0.4, 0.5) is 0 Å². The number of amides is 1. The number of nitrogens with one attached hydrogen (secondary N) is 2. The van der Waals surface area contributed by atoms with E-state index >= 15 is 0 Å². The highest BCUT2D eigenvalue weighted by atomic mass is 16.5. The first-order valence-electron chi connectivity index (χ1n) is 6.41. The lowest BCUT2D eigenvalue weighted by Gasteiger charge is -2.26. The molecule has 0 unspecified atom stereocenters. The van der Waals surface area contributed by atoms with Gasteiger partial charge in [0, 0.05) is 24.6 Å². The first-order chi connectivity index (χ1) is 9.22. The van der Waals surface area contributed by atoms with Crippen LogP contribution in [0.15, 0.2) is 18.2 Å². The summed E-state index contributed by atoms with van der Waals surface area (Å²) in [5.41, 5.74) is 0.948. The Morgan fingerprint density at radius 3 is 2.74 bits per heavy atom. The van der Waals surface area contributed by atoms with E-state index < -0.39 is 0 Å². The molecule has 5 nitrogen and oxygen atoms in total. The fourth-order valence-corrected chi connectivity index (χ4v) is 2.02. The molecule has 1 amide bonds. The van der Waals surface area contributed by atoms with Gasteiger partial charge in [-0.3, -0.25) is 4.79 Å². The van der Waals surface area contributed by atoms with Crippen LogP contribution in [0.25, 0.3) is 0 Å². The van der Waals surface area contributed by atoms with E-state index in [4.69, 9.17) is 9.47 Å². The second-order valence-corrected chi connectivity index (χ2v) is 4.68. The van der Waals surface area contributed by atoms with Crippen molar-refractivity contribution in [3.63, 3.8) is 0 Å². The summed E-state index contributed by atoms with van der Waals surface area (Å²) in [5, 5.41) is 6.08.